The summed E-state index contributed by atoms with van der Waals surface area (Å²) in [6.45, 7) is 3.75. The molecular weight excluding hydrogens is 170 g/mol. The van der Waals surface area contributed by atoms with Crippen molar-refractivity contribution in [1.29, 1.82) is 5.41 Å². The van der Waals surface area contributed by atoms with E-state index in [9.17, 15) is 4.79 Å². The van der Waals surface area contributed by atoms with Crippen LogP contribution in [0.25, 0.3) is 0 Å². The van der Waals surface area contributed by atoms with Gasteiger partial charge in [0.15, 0.2) is 5.96 Å². The van der Waals surface area contributed by atoms with Crippen molar-refractivity contribution in [2.24, 2.45) is 10.7 Å². The van der Waals surface area contributed by atoms with Crippen molar-refractivity contribution in [2.45, 2.75) is 25.8 Å². The van der Waals surface area contributed by atoms with Crippen LogP contribution in [-0.2, 0) is 4.79 Å². The van der Waals surface area contributed by atoms with Crippen LogP contribution in [0.4, 0.5) is 0 Å². The van der Waals surface area contributed by atoms with E-state index in [0.29, 0.717) is 6.42 Å². The van der Waals surface area contributed by atoms with Gasteiger partial charge in [-0.05, 0) is 13.8 Å². The lowest BCUT2D eigenvalue weighted by Gasteiger charge is -2.30. The quantitative estimate of drug-likeness (QED) is 0.289. The van der Waals surface area contributed by atoms with Crippen molar-refractivity contribution >= 4 is 17.8 Å². The van der Waals surface area contributed by atoms with Crippen molar-refractivity contribution in [1.82, 2.24) is 10.6 Å². The minimum atomic E-state index is -0.337. The Morgan fingerprint density at radius 1 is 1.77 bits per heavy atom. The molecule has 0 saturated heterocycles. The molecule has 0 bridgehead atoms. The zero-order chi connectivity index (χ0) is 10.1. The number of carbonyl (C=O) groups is 1. The van der Waals surface area contributed by atoms with E-state index in [1.165, 1.54) is 0 Å². The van der Waals surface area contributed by atoms with E-state index in [4.69, 9.17) is 11.1 Å². The van der Waals surface area contributed by atoms with Gasteiger partial charge >= 0.3 is 0 Å². The minimum absolute atomic E-state index is 0.215. The Hall–Kier alpha value is -1.59. The summed E-state index contributed by atoms with van der Waals surface area (Å²) in [6, 6.07) is 0. The van der Waals surface area contributed by atoms with Crippen LogP contribution in [-0.4, -0.2) is 23.4 Å². The third kappa shape index (κ3) is 2.73. The van der Waals surface area contributed by atoms with E-state index < -0.39 is 0 Å². The van der Waals surface area contributed by atoms with Crippen LogP contribution in [0.5, 0.6) is 0 Å². The highest BCUT2D eigenvalue weighted by molar-refractivity contribution is 6.03. The van der Waals surface area contributed by atoms with E-state index in [2.05, 4.69) is 15.6 Å². The first-order chi connectivity index (χ1) is 5.89. The Kier molecular flexibility index (Phi) is 2.22. The lowest BCUT2D eigenvalue weighted by Crippen LogP contribution is -2.55. The summed E-state index contributed by atoms with van der Waals surface area (Å²) in [4.78, 5) is 14.7. The Balaban J connectivity index is 2.75. The maximum atomic E-state index is 11.1. The SMILES string of the molecule is CC1(C)CC(=O)N=C(NC(=N)N)N1. The van der Waals surface area contributed by atoms with Crippen LogP contribution in [0.1, 0.15) is 20.3 Å². The van der Waals surface area contributed by atoms with Crippen molar-refractivity contribution in [3.05, 3.63) is 0 Å². The highest BCUT2D eigenvalue weighted by atomic mass is 16.1. The maximum Gasteiger partial charge on any atom is 0.251 e. The number of guanidine groups is 2. The first-order valence-corrected chi connectivity index (χ1v) is 3.90. The second kappa shape index (κ2) is 3.04. The lowest BCUT2D eigenvalue weighted by atomic mass is 9.99. The summed E-state index contributed by atoms with van der Waals surface area (Å²) in [5, 5.41) is 12.4. The number of hydrogen-bond donors (Lipinski definition) is 4. The molecule has 1 rings (SSSR count). The Morgan fingerprint density at radius 3 is 2.85 bits per heavy atom. The van der Waals surface area contributed by atoms with Gasteiger partial charge in [0.25, 0.3) is 5.91 Å². The first-order valence-electron chi connectivity index (χ1n) is 3.90. The molecule has 1 heterocycles. The molecule has 0 radical (unpaired) electrons. The van der Waals surface area contributed by atoms with E-state index in [-0.39, 0.29) is 23.4 Å². The molecule has 0 aromatic rings. The Labute approximate surface area is 76.1 Å². The largest absolute Gasteiger partial charge is 0.370 e. The monoisotopic (exact) mass is 183 g/mol. The normalized spacial score (nSPS) is 20.2. The van der Waals surface area contributed by atoms with E-state index in [1.54, 1.807) is 0 Å². The number of carbonyl (C=O) groups excluding carboxylic acids is 1. The van der Waals surface area contributed by atoms with Crippen LogP contribution in [0.15, 0.2) is 4.99 Å². The predicted octanol–water partition coefficient (Wildman–Crippen LogP) is -0.876. The Bertz CT molecular complexity index is 281. The molecule has 6 heteroatoms. The molecule has 1 aliphatic heterocycles. The molecule has 0 atom stereocenters. The van der Waals surface area contributed by atoms with Gasteiger partial charge in [0.2, 0.25) is 5.96 Å². The average molecular weight is 183 g/mol. The standard InChI is InChI=1S/C7H13N5O/c1-7(2)3-4(13)10-6(12-7)11-5(8)9/h3H2,1-2H3,(H5,8,9,10,11,12,13). The van der Waals surface area contributed by atoms with Gasteiger partial charge in [-0.25, -0.2) is 0 Å². The van der Waals surface area contributed by atoms with Gasteiger partial charge in [-0.2, -0.15) is 4.99 Å². The molecule has 6 nitrogen and oxygen atoms in total. The third-order valence-electron chi connectivity index (χ3n) is 1.54. The maximum absolute atomic E-state index is 11.1. The van der Waals surface area contributed by atoms with Gasteiger partial charge in [0, 0.05) is 5.54 Å². The number of amides is 1. The predicted molar refractivity (Wildman–Crippen MR) is 49.3 cm³/mol. The molecule has 1 amide bonds. The van der Waals surface area contributed by atoms with E-state index in [0.717, 1.165) is 0 Å². The number of aliphatic imine (C=N–C) groups is 1. The number of nitrogens with one attached hydrogen (secondary N) is 3. The molecule has 0 aromatic heterocycles. The molecule has 0 aromatic carbocycles. The molecule has 0 spiro atoms. The van der Waals surface area contributed by atoms with Gasteiger partial charge in [0.05, 0.1) is 6.42 Å². The van der Waals surface area contributed by atoms with Gasteiger partial charge in [-0.15, -0.1) is 0 Å². The molecule has 0 aliphatic carbocycles. The first kappa shape index (κ1) is 9.50. The smallest absolute Gasteiger partial charge is 0.251 e. The molecule has 0 saturated carbocycles. The fourth-order valence-corrected chi connectivity index (χ4v) is 1.12. The van der Waals surface area contributed by atoms with Crippen LogP contribution < -0.4 is 16.4 Å². The van der Waals surface area contributed by atoms with Crippen LogP contribution >= 0.6 is 0 Å². The van der Waals surface area contributed by atoms with Crippen molar-refractivity contribution < 1.29 is 4.79 Å². The van der Waals surface area contributed by atoms with Crippen molar-refractivity contribution in [3.8, 4) is 0 Å². The topological polar surface area (TPSA) is 103 Å². The van der Waals surface area contributed by atoms with Gasteiger partial charge < -0.3 is 11.1 Å². The fraction of sp³-hybridized carbons (Fsp3) is 0.571. The highest BCUT2D eigenvalue weighted by Crippen LogP contribution is 2.12. The van der Waals surface area contributed by atoms with Crippen molar-refractivity contribution in [2.75, 3.05) is 0 Å². The second-order valence-corrected chi connectivity index (χ2v) is 3.58. The van der Waals surface area contributed by atoms with Gasteiger partial charge in [-0.3, -0.25) is 15.5 Å². The summed E-state index contributed by atoms with van der Waals surface area (Å²) >= 11 is 0. The second-order valence-electron chi connectivity index (χ2n) is 3.58. The van der Waals surface area contributed by atoms with Crippen LogP contribution in [0.3, 0.4) is 0 Å². The van der Waals surface area contributed by atoms with Crippen LogP contribution in [0.2, 0.25) is 0 Å². The summed E-state index contributed by atoms with van der Waals surface area (Å²) < 4.78 is 0. The third-order valence-corrected chi connectivity index (χ3v) is 1.54. The number of hydrogen-bond acceptors (Lipinski definition) is 3. The highest BCUT2D eigenvalue weighted by Gasteiger charge is 2.27. The lowest BCUT2D eigenvalue weighted by molar-refractivity contribution is -0.119. The molecular formula is C7H13N5O. The summed E-state index contributed by atoms with van der Waals surface area (Å²) in [6.07, 6.45) is 0.343. The van der Waals surface area contributed by atoms with Crippen molar-refractivity contribution in [3.63, 3.8) is 0 Å². The summed E-state index contributed by atoms with van der Waals surface area (Å²) in [7, 11) is 0. The van der Waals surface area contributed by atoms with Gasteiger partial charge in [-0.1, -0.05) is 0 Å². The molecule has 5 N–H and O–H groups in total. The van der Waals surface area contributed by atoms with E-state index >= 15 is 0 Å². The molecule has 1 aliphatic rings. The number of nitrogens with zero attached hydrogens (tertiary/aromatic N) is 1. The number of nitrogens with two attached hydrogens (primary N) is 1. The molecule has 0 unspecified atom stereocenters. The summed E-state index contributed by atoms with van der Waals surface area (Å²) in [5.41, 5.74) is 4.76. The Morgan fingerprint density at radius 2 is 2.38 bits per heavy atom. The fourth-order valence-electron chi connectivity index (χ4n) is 1.12. The average Bonchev–Trinajstić information content (AvgIpc) is 1.78. The minimum Gasteiger partial charge on any atom is -0.370 e. The number of rotatable bonds is 0. The zero-order valence-corrected chi connectivity index (χ0v) is 7.64. The molecule has 13 heavy (non-hydrogen) atoms. The summed E-state index contributed by atoms with van der Waals surface area (Å²) in [5.74, 6) is -0.210. The van der Waals surface area contributed by atoms with Crippen LogP contribution in [0, 0.1) is 5.41 Å². The molecule has 0 fully saturated rings. The van der Waals surface area contributed by atoms with Gasteiger partial charge in [0.1, 0.15) is 0 Å². The zero-order valence-electron chi connectivity index (χ0n) is 7.64. The molecule has 72 valence electrons. The van der Waals surface area contributed by atoms with E-state index in [1.807, 2.05) is 13.8 Å².